The van der Waals surface area contributed by atoms with E-state index in [9.17, 15) is 4.79 Å². The first-order valence-electron chi connectivity index (χ1n) is 8.47. The lowest BCUT2D eigenvalue weighted by molar-refractivity contribution is -0.134. The minimum atomic E-state index is 0.143. The van der Waals surface area contributed by atoms with E-state index in [0.717, 1.165) is 24.3 Å². The number of benzene rings is 1. The van der Waals surface area contributed by atoms with Crippen LogP contribution in [0.3, 0.4) is 0 Å². The molecule has 2 heterocycles. The van der Waals surface area contributed by atoms with Gasteiger partial charge in [-0.2, -0.15) is 4.68 Å². The number of carbonyl (C=O) groups excluding carboxylic acids is 1. The molecule has 8 heteroatoms. The van der Waals surface area contributed by atoms with E-state index in [1.165, 1.54) is 18.2 Å². The van der Waals surface area contributed by atoms with Crippen LogP contribution in [-0.2, 0) is 4.79 Å². The molecule has 134 valence electrons. The highest BCUT2D eigenvalue weighted by Gasteiger charge is 2.29. The van der Waals surface area contributed by atoms with Crippen molar-refractivity contribution < 1.29 is 9.53 Å². The van der Waals surface area contributed by atoms with Crippen LogP contribution in [0.25, 0.3) is 5.69 Å². The highest BCUT2D eigenvalue weighted by molar-refractivity contribution is 7.99. The third-order valence-electron chi connectivity index (χ3n) is 4.55. The zero-order valence-electron chi connectivity index (χ0n) is 14.8. The van der Waals surface area contributed by atoms with E-state index < -0.39 is 0 Å². The van der Waals surface area contributed by atoms with E-state index in [1.807, 2.05) is 29.2 Å². The zero-order chi connectivity index (χ0) is 17.8. The van der Waals surface area contributed by atoms with Gasteiger partial charge in [0.1, 0.15) is 5.75 Å². The molecular formula is C17H23N5O2S. The van der Waals surface area contributed by atoms with E-state index in [4.69, 9.17) is 4.74 Å². The summed E-state index contributed by atoms with van der Waals surface area (Å²) in [5.41, 5.74) is 0.805. The number of ether oxygens (including phenoxy) is 1. The maximum atomic E-state index is 12.7. The van der Waals surface area contributed by atoms with Crippen LogP contribution in [-0.4, -0.2) is 56.0 Å². The molecule has 0 spiro atoms. The highest BCUT2D eigenvalue weighted by Crippen LogP contribution is 2.25. The summed E-state index contributed by atoms with van der Waals surface area (Å²) in [5, 5.41) is 12.4. The van der Waals surface area contributed by atoms with Crippen molar-refractivity contribution in [3.8, 4) is 11.4 Å². The molecule has 0 radical (unpaired) electrons. The predicted octanol–water partition coefficient (Wildman–Crippen LogP) is 2.55. The number of piperidine rings is 1. The molecule has 25 heavy (non-hydrogen) atoms. The van der Waals surface area contributed by atoms with Crippen LogP contribution < -0.4 is 4.74 Å². The minimum absolute atomic E-state index is 0.143. The number of carbonyl (C=O) groups is 1. The number of nitrogens with zero attached hydrogens (tertiary/aromatic N) is 5. The Morgan fingerprint density at radius 1 is 1.32 bits per heavy atom. The second kappa shape index (κ2) is 7.86. The predicted molar refractivity (Wildman–Crippen MR) is 96.1 cm³/mol. The summed E-state index contributed by atoms with van der Waals surface area (Å²) >= 11 is 1.36. The number of thioether (sulfide) groups is 1. The molecule has 7 nitrogen and oxygen atoms in total. The Morgan fingerprint density at radius 3 is 2.80 bits per heavy atom. The Bertz CT molecular complexity index is 725. The summed E-state index contributed by atoms with van der Waals surface area (Å²) in [6, 6.07) is 8.10. The molecule has 0 N–H and O–H groups in total. The molecular weight excluding hydrogens is 338 g/mol. The molecule has 0 saturated carbocycles. The Labute approximate surface area is 151 Å². The van der Waals surface area contributed by atoms with Crippen LogP contribution in [0.5, 0.6) is 5.75 Å². The average molecular weight is 361 g/mol. The molecule has 2 atom stereocenters. The number of tetrazole rings is 1. The first-order chi connectivity index (χ1) is 12.1. The largest absolute Gasteiger partial charge is 0.497 e. The molecule has 3 rings (SSSR count). The van der Waals surface area contributed by atoms with Gasteiger partial charge in [0.05, 0.1) is 18.6 Å². The summed E-state index contributed by atoms with van der Waals surface area (Å²) < 4.78 is 6.87. The van der Waals surface area contributed by atoms with E-state index in [0.29, 0.717) is 23.0 Å². The number of aromatic nitrogens is 4. The molecule has 1 aromatic carbocycles. The fraction of sp³-hybridized carbons (Fsp3) is 0.529. The van der Waals surface area contributed by atoms with Gasteiger partial charge in [0, 0.05) is 18.2 Å². The van der Waals surface area contributed by atoms with Gasteiger partial charge in [0.2, 0.25) is 11.1 Å². The summed E-state index contributed by atoms with van der Waals surface area (Å²) in [7, 11) is 1.62. The van der Waals surface area contributed by atoms with Gasteiger partial charge < -0.3 is 9.64 Å². The molecule has 1 aromatic heterocycles. The lowest BCUT2D eigenvalue weighted by Crippen LogP contribution is -2.48. The molecule has 1 amide bonds. The van der Waals surface area contributed by atoms with Gasteiger partial charge >= 0.3 is 0 Å². The summed E-state index contributed by atoms with van der Waals surface area (Å²) in [6.45, 7) is 4.25. The second-order valence-corrected chi connectivity index (χ2v) is 7.24. The van der Waals surface area contributed by atoms with Gasteiger partial charge in [-0.25, -0.2) is 0 Å². The fourth-order valence-electron chi connectivity index (χ4n) is 3.29. The number of hydrogen-bond acceptors (Lipinski definition) is 6. The summed E-state index contributed by atoms with van der Waals surface area (Å²) in [6.07, 6.45) is 3.33. The van der Waals surface area contributed by atoms with Crippen molar-refractivity contribution in [3.05, 3.63) is 24.3 Å². The van der Waals surface area contributed by atoms with Crippen molar-refractivity contribution in [3.63, 3.8) is 0 Å². The van der Waals surface area contributed by atoms with Crippen molar-refractivity contribution in [1.29, 1.82) is 0 Å². The van der Waals surface area contributed by atoms with Crippen molar-refractivity contribution in [1.82, 2.24) is 25.1 Å². The quantitative estimate of drug-likeness (QED) is 0.762. The van der Waals surface area contributed by atoms with E-state index in [1.54, 1.807) is 11.8 Å². The zero-order valence-corrected chi connectivity index (χ0v) is 15.6. The van der Waals surface area contributed by atoms with Gasteiger partial charge in [0.15, 0.2) is 0 Å². The number of hydrogen-bond donors (Lipinski definition) is 0. The number of amides is 1. The normalized spacial score (nSPS) is 20.5. The molecule has 0 unspecified atom stereocenters. The van der Waals surface area contributed by atoms with Gasteiger partial charge in [-0.15, -0.1) is 5.10 Å². The van der Waals surface area contributed by atoms with Gasteiger partial charge in [-0.1, -0.05) is 17.8 Å². The Morgan fingerprint density at radius 2 is 2.08 bits per heavy atom. The Kier molecular flexibility index (Phi) is 5.57. The molecule has 1 fully saturated rings. The number of rotatable bonds is 5. The van der Waals surface area contributed by atoms with Crippen LogP contribution in [0.1, 0.15) is 33.1 Å². The van der Waals surface area contributed by atoms with Crippen molar-refractivity contribution in [2.75, 3.05) is 12.9 Å². The van der Waals surface area contributed by atoms with E-state index in [-0.39, 0.29) is 5.91 Å². The fourth-order valence-corrected chi connectivity index (χ4v) is 4.05. The van der Waals surface area contributed by atoms with Crippen molar-refractivity contribution >= 4 is 17.7 Å². The molecule has 1 saturated heterocycles. The Balaban J connectivity index is 1.70. The van der Waals surface area contributed by atoms with Crippen LogP contribution in [0.15, 0.2) is 29.4 Å². The lowest BCUT2D eigenvalue weighted by atomic mass is 9.98. The monoisotopic (exact) mass is 361 g/mol. The first kappa shape index (κ1) is 17.7. The SMILES string of the molecule is COc1cccc(-n2nnnc2SCC(=O)N2[C@H](C)CCC[C@H]2C)c1. The van der Waals surface area contributed by atoms with Gasteiger partial charge in [0.25, 0.3) is 0 Å². The van der Waals surface area contributed by atoms with E-state index in [2.05, 4.69) is 29.4 Å². The van der Waals surface area contributed by atoms with Crippen molar-refractivity contribution in [2.24, 2.45) is 0 Å². The minimum Gasteiger partial charge on any atom is -0.497 e. The molecule has 0 bridgehead atoms. The smallest absolute Gasteiger partial charge is 0.233 e. The highest BCUT2D eigenvalue weighted by atomic mass is 32.2. The van der Waals surface area contributed by atoms with Crippen LogP contribution in [0, 0.1) is 0 Å². The summed E-state index contributed by atoms with van der Waals surface area (Å²) in [5.74, 6) is 1.21. The van der Waals surface area contributed by atoms with Crippen LogP contribution >= 0.6 is 11.8 Å². The number of methoxy groups -OCH3 is 1. The lowest BCUT2D eigenvalue weighted by Gasteiger charge is -2.39. The standard InChI is InChI=1S/C17H23N5O2S/c1-12-6-4-7-13(2)21(12)16(23)11-25-17-18-19-20-22(17)14-8-5-9-15(10-14)24-3/h5,8-10,12-13H,4,6-7,11H2,1-3H3/t12-,13-/m1/s1. The molecule has 2 aromatic rings. The Hall–Kier alpha value is -2.09. The third kappa shape index (κ3) is 3.95. The van der Waals surface area contributed by atoms with Gasteiger partial charge in [-0.3, -0.25) is 4.79 Å². The third-order valence-corrected chi connectivity index (χ3v) is 5.45. The summed E-state index contributed by atoms with van der Waals surface area (Å²) in [4.78, 5) is 14.7. The first-order valence-corrected chi connectivity index (χ1v) is 9.45. The van der Waals surface area contributed by atoms with E-state index >= 15 is 0 Å². The molecule has 1 aliphatic heterocycles. The average Bonchev–Trinajstić information content (AvgIpc) is 3.08. The topological polar surface area (TPSA) is 73.1 Å². The van der Waals surface area contributed by atoms with Crippen molar-refractivity contribution in [2.45, 2.75) is 50.4 Å². The molecule has 1 aliphatic rings. The van der Waals surface area contributed by atoms with Crippen LogP contribution in [0.4, 0.5) is 0 Å². The maximum absolute atomic E-state index is 12.7. The maximum Gasteiger partial charge on any atom is 0.233 e. The van der Waals surface area contributed by atoms with Crippen LogP contribution in [0.2, 0.25) is 0 Å². The van der Waals surface area contributed by atoms with Gasteiger partial charge in [-0.05, 0) is 55.7 Å². The number of likely N-dealkylation sites (tertiary alicyclic amines) is 1. The second-order valence-electron chi connectivity index (χ2n) is 6.29. The molecule has 0 aliphatic carbocycles.